The number of carbonyl (C=O) groups excluding carboxylic acids is 2. The monoisotopic (exact) mass is 492 g/mol. The predicted octanol–water partition coefficient (Wildman–Crippen LogP) is 5.46. The molecule has 6 nitrogen and oxygen atoms in total. The average molecular weight is 493 g/mol. The summed E-state index contributed by atoms with van der Waals surface area (Å²) in [5, 5.41) is 6.05. The van der Waals surface area contributed by atoms with E-state index in [4.69, 9.17) is 22.3 Å². The molecule has 34 heavy (non-hydrogen) atoms. The van der Waals surface area contributed by atoms with Crippen molar-refractivity contribution in [1.29, 1.82) is 0 Å². The van der Waals surface area contributed by atoms with Crippen LogP contribution in [0.4, 0.5) is 16.2 Å². The number of amides is 3. The van der Waals surface area contributed by atoms with E-state index in [1.54, 1.807) is 24.3 Å². The van der Waals surface area contributed by atoms with Gasteiger partial charge in [0, 0.05) is 33.6 Å². The van der Waals surface area contributed by atoms with Crippen molar-refractivity contribution >= 4 is 46.7 Å². The number of nitrogen functional groups attached to an aromatic ring is 1. The molecule has 8 heteroatoms. The largest absolute Gasteiger partial charge is 0.398 e. The second kappa shape index (κ2) is 9.31. The number of nitrogens with two attached hydrogens (primary N) is 1. The smallest absolute Gasteiger partial charge is 0.325 e. The molecule has 0 radical (unpaired) electrons. The number of aryl methyl sites for hydroxylation is 2. The fourth-order valence-corrected chi connectivity index (χ4v) is 6.18. The third kappa shape index (κ3) is 4.38. The molecule has 2 aliphatic rings. The number of nitrogens with one attached hydrogen (secondary N) is 2. The quantitative estimate of drug-likeness (QED) is 0.451. The van der Waals surface area contributed by atoms with E-state index in [1.165, 1.54) is 11.8 Å². The molecule has 1 aliphatic heterocycles. The topological polar surface area (TPSA) is 97.1 Å². The van der Waals surface area contributed by atoms with Gasteiger partial charge >= 0.3 is 6.03 Å². The van der Waals surface area contributed by atoms with Crippen LogP contribution >= 0.6 is 23.4 Å². The minimum atomic E-state index is -0.585. The van der Waals surface area contributed by atoms with Gasteiger partial charge in [-0.15, -0.1) is 0 Å². The molecule has 2 aromatic carbocycles. The van der Waals surface area contributed by atoms with Gasteiger partial charge in [-0.05, 0) is 68.0 Å². The van der Waals surface area contributed by atoms with Crippen molar-refractivity contribution < 1.29 is 9.59 Å². The van der Waals surface area contributed by atoms with Crippen LogP contribution in [0.1, 0.15) is 46.7 Å². The first-order valence-corrected chi connectivity index (χ1v) is 12.6. The fourth-order valence-electron chi connectivity index (χ4n) is 4.69. The lowest BCUT2D eigenvalue weighted by Crippen LogP contribution is -2.41. The van der Waals surface area contributed by atoms with Crippen LogP contribution in [0.25, 0.3) is 0 Å². The summed E-state index contributed by atoms with van der Waals surface area (Å²) in [4.78, 5) is 30.9. The van der Waals surface area contributed by atoms with Crippen molar-refractivity contribution in [2.24, 2.45) is 0 Å². The number of thioether (sulfide) groups is 1. The van der Waals surface area contributed by atoms with Gasteiger partial charge in [-0.2, -0.15) is 0 Å². The van der Waals surface area contributed by atoms with Gasteiger partial charge in [0.2, 0.25) is 5.91 Å². The van der Waals surface area contributed by atoms with Crippen molar-refractivity contribution in [3.8, 4) is 0 Å². The second-order valence-corrected chi connectivity index (χ2v) is 10.3. The van der Waals surface area contributed by atoms with Gasteiger partial charge in [0.15, 0.2) is 0 Å². The van der Waals surface area contributed by atoms with Crippen LogP contribution in [0, 0.1) is 6.92 Å². The van der Waals surface area contributed by atoms with Gasteiger partial charge in [0.25, 0.3) is 0 Å². The Morgan fingerprint density at radius 3 is 2.50 bits per heavy atom. The number of halogens is 1. The summed E-state index contributed by atoms with van der Waals surface area (Å²) in [5.41, 5.74) is 13.1. The molecule has 2 heterocycles. The highest BCUT2D eigenvalue weighted by Gasteiger charge is 2.43. The van der Waals surface area contributed by atoms with E-state index >= 15 is 0 Å². The van der Waals surface area contributed by atoms with Gasteiger partial charge in [-0.1, -0.05) is 53.2 Å². The average Bonchev–Trinajstić information content (AvgIpc) is 3.21. The summed E-state index contributed by atoms with van der Waals surface area (Å²) in [5.74, 6) is -0.714. The number of hydrogen-bond donors (Lipinski definition) is 3. The lowest BCUT2D eigenvalue weighted by molar-refractivity contribution is -0.119. The number of anilines is 2. The molecule has 3 aromatic rings. The summed E-state index contributed by atoms with van der Waals surface area (Å²) in [6, 6.07) is 14.3. The highest BCUT2D eigenvalue weighted by molar-refractivity contribution is 8.01. The van der Waals surface area contributed by atoms with E-state index in [0.717, 1.165) is 64.3 Å². The van der Waals surface area contributed by atoms with Gasteiger partial charge in [0.05, 0.1) is 0 Å². The second-order valence-electron chi connectivity index (χ2n) is 8.75. The summed E-state index contributed by atoms with van der Waals surface area (Å²) in [7, 11) is 0. The molecule has 174 valence electrons. The number of nitrogens with zero attached hydrogens (tertiary/aromatic N) is 1. The van der Waals surface area contributed by atoms with Gasteiger partial charge in [-0.3, -0.25) is 10.1 Å². The molecular formula is C26H25ClN4O2S. The Kier molecular flexibility index (Phi) is 6.23. The maximum Gasteiger partial charge on any atom is 0.325 e. The molecule has 5 rings (SSSR count). The van der Waals surface area contributed by atoms with Crippen molar-refractivity contribution in [3.05, 3.63) is 81.5 Å². The van der Waals surface area contributed by atoms with Crippen LogP contribution < -0.4 is 16.4 Å². The van der Waals surface area contributed by atoms with E-state index in [-0.39, 0.29) is 11.8 Å². The summed E-state index contributed by atoms with van der Waals surface area (Å²) < 4.78 is 0. The predicted molar refractivity (Wildman–Crippen MR) is 137 cm³/mol. The summed E-state index contributed by atoms with van der Waals surface area (Å²) in [6.07, 6.45) is 3.97. The van der Waals surface area contributed by atoms with Crippen LogP contribution in [0.15, 0.2) is 53.6 Å². The number of hydrogen-bond acceptors (Lipinski definition) is 5. The van der Waals surface area contributed by atoms with Crippen molar-refractivity contribution in [2.45, 2.75) is 48.8 Å². The summed E-state index contributed by atoms with van der Waals surface area (Å²) >= 11 is 7.50. The lowest BCUT2D eigenvalue weighted by atomic mass is 9.84. The number of urea groups is 1. The highest BCUT2D eigenvalue weighted by Crippen LogP contribution is 2.52. The normalized spacial score (nSPS) is 18.6. The number of carbonyl (C=O) groups is 2. The molecule has 3 amide bonds. The van der Waals surface area contributed by atoms with Crippen LogP contribution in [-0.4, -0.2) is 22.2 Å². The maximum absolute atomic E-state index is 13.4. The van der Waals surface area contributed by atoms with Crippen LogP contribution in [-0.2, 0) is 17.6 Å². The molecule has 0 fully saturated rings. The zero-order chi connectivity index (χ0) is 23.8. The Balaban J connectivity index is 1.45. The Morgan fingerprint density at radius 2 is 1.76 bits per heavy atom. The molecule has 2 atom stereocenters. The minimum absolute atomic E-state index is 0.329. The zero-order valence-electron chi connectivity index (χ0n) is 18.7. The standard InChI is InChI=1S/C26H25ClN4O2S/c1-14-6-12-17(13-7-14)29-26(33)31-24(32)23-20(15-8-10-16(27)11-9-15)21-22(28)18-4-2-3-5-19(18)30-25(21)34-23/h6-13,20,23H,2-5H2,1H3,(H2,28,30)(H2,29,31,32,33)/t20-,23-/m1/s1. The number of benzene rings is 2. The van der Waals surface area contributed by atoms with Crippen molar-refractivity contribution in [2.75, 3.05) is 11.1 Å². The van der Waals surface area contributed by atoms with Crippen LogP contribution in [0.2, 0.25) is 5.02 Å². The highest BCUT2D eigenvalue weighted by atomic mass is 35.5. The number of pyridine rings is 1. The number of aromatic nitrogens is 1. The zero-order valence-corrected chi connectivity index (χ0v) is 20.3. The third-order valence-electron chi connectivity index (χ3n) is 6.41. The Bertz CT molecular complexity index is 1260. The molecule has 4 N–H and O–H groups in total. The first kappa shape index (κ1) is 22.7. The molecule has 0 unspecified atom stereocenters. The Labute approximate surface area is 207 Å². The SMILES string of the molecule is Cc1ccc(NC(=O)NC(=O)[C@@H]2Sc3nc4c(c(N)c3[C@H]2c2ccc(Cl)cc2)CCCC4)cc1. The van der Waals surface area contributed by atoms with E-state index in [2.05, 4.69) is 10.6 Å². The number of imide groups is 1. The molecule has 0 saturated carbocycles. The fraction of sp³-hybridized carbons (Fsp3) is 0.269. The van der Waals surface area contributed by atoms with E-state index < -0.39 is 11.3 Å². The van der Waals surface area contributed by atoms with Gasteiger partial charge in [0.1, 0.15) is 10.3 Å². The van der Waals surface area contributed by atoms with Crippen molar-refractivity contribution in [3.63, 3.8) is 0 Å². The number of rotatable bonds is 3. The summed E-state index contributed by atoms with van der Waals surface area (Å²) in [6.45, 7) is 1.97. The Hall–Kier alpha value is -3.03. The molecule has 0 bridgehead atoms. The van der Waals surface area contributed by atoms with E-state index in [9.17, 15) is 9.59 Å². The molecule has 0 spiro atoms. The Morgan fingerprint density at radius 1 is 1.06 bits per heavy atom. The lowest BCUT2D eigenvalue weighted by Gasteiger charge is -2.23. The maximum atomic E-state index is 13.4. The molecular weight excluding hydrogens is 468 g/mol. The van der Waals surface area contributed by atoms with E-state index in [1.807, 2.05) is 31.2 Å². The van der Waals surface area contributed by atoms with Gasteiger partial charge in [-0.25, -0.2) is 9.78 Å². The minimum Gasteiger partial charge on any atom is -0.398 e. The van der Waals surface area contributed by atoms with Crippen LogP contribution in [0.3, 0.4) is 0 Å². The molecule has 1 aliphatic carbocycles. The van der Waals surface area contributed by atoms with Crippen molar-refractivity contribution in [1.82, 2.24) is 10.3 Å². The molecule has 1 aromatic heterocycles. The third-order valence-corrected chi connectivity index (χ3v) is 7.93. The van der Waals surface area contributed by atoms with Gasteiger partial charge < -0.3 is 11.1 Å². The van der Waals surface area contributed by atoms with E-state index in [0.29, 0.717) is 10.7 Å². The van der Waals surface area contributed by atoms with Crippen LogP contribution in [0.5, 0.6) is 0 Å². The first-order chi connectivity index (χ1) is 16.4. The number of fused-ring (bicyclic) bond motifs is 2. The molecule has 0 saturated heterocycles. The first-order valence-electron chi connectivity index (χ1n) is 11.3.